The maximum atomic E-state index is 12.2. The van der Waals surface area contributed by atoms with Gasteiger partial charge >= 0.3 is 0 Å². The predicted octanol–water partition coefficient (Wildman–Crippen LogP) is 3.46. The fourth-order valence-corrected chi connectivity index (χ4v) is 2.85. The highest BCUT2D eigenvalue weighted by molar-refractivity contribution is 6.30. The van der Waals surface area contributed by atoms with Crippen molar-refractivity contribution in [2.24, 2.45) is 11.7 Å². The molecule has 3 atom stereocenters. The summed E-state index contributed by atoms with van der Waals surface area (Å²) in [5.74, 6) is 0.174. The van der Waals surface area contributed by atoms with Gasteiger partial charge in [-0.05, 0) is 43.9 Å². The highest BCUT2D eigenvalue weighted by atomic mass is 35.5. The van der Waals surface area contributed by atoms with E-state index in [1.165, 1.54) is 0 Å². The molecule has 0 saturated heterocycles. The fourth-order valence-electron chi connectivity index (χ4n) is 2.66. The summed E-state index contributed by atoms with van der Waals surface area (Å²) in [6, 6.07) is 7.74. The Morgan fingerprint density at radius 2 is 2.20 bits per heavy atom. The number of nitrogens with one attached hydrogen (secondary N) is 1. The Morgan fingerprint density at radius 3 is 2.85 bits per heavy atom. The number of amides is 1. The van der Waals surface area contributed by atoms with E-state index in [-0.39, 0.29) is 36.3 Å². The van der Waals surface area contributed by atoms with E-state index in [1.54, 1.807) is 0 Å². The quantitative estimate of drug-likeness (QED) is 0.897. The zero-order valence-electron chi connectivity index (χ0n) is 11.6. The lowest BCUT2D eigenvalue weighted by Gasteiger charge is -2.27. The second-order valence-electron chi connectivity index (χ2n) is 5.41. The molecule has 1 saturated carbocycles. The molecule has 1 fully saturated rings. The van der Waals surface area contributed by atoms with Crippen molar-refractivity contribution >= 4 is 29.9 Å². The van der Waals surface area contributed by atoms with Crippen molar-refractivity contribution in [3.8, 4) is 0 Å². The van der Waals surface area contributed by atoms with Crippen LogP contribution < -0.4 is 11.1 Å². The van der Waals surface area contributed by atoms with Crippen LogP contribution in [0.4, 0.5) is 0 Å². The number of hydrogen-bond acceptors (Lipinski definition) is 2. The third kappa shape index (κ3) is 4.65. The van der Waals surface area contributed by atoms with Gasteiger partial charge in [-0.25, -0.2) is 0 Å². The summed E-state index contributed by atoms with van der Waals surface area (Å²) in [7, 11) is 0. The van der Waals surface area contributed by atoms with E-state index in [0.29, 0.717) is 5.02 Å². The lowest BCUT2D eigenvalue weighted by atomic mass is 9.85. The van der Waals surface area contributed by atoms with Crippen molar-refractivity contribution in [2.75, 3.05) is 0 Å². The third-order valence-corrected chi connectivity index (χ3v) is 4.03. The van der Waals surface area contributed by atoms with Crippen LogP contribution >= 0.6 is 24.0 Å². The van der Waals surface area contributed by atoms with Gasteiger partial charge in [0.15, 0.2) is 0 Å². The summed E-state index contributed by atoms with van der Waals surface area (Å²) in [6.07, 6.45) is 3.83. The number of carbonyl (C=O) groups excluding carboxylic acids is 1. The first kappa shape index (κ1) is 17.3. The van der Waals surface area contributed by atoms with Gasteiger partial charge in [0.2, 0.25) is 5.91 Å². The monoisotopic (exact) mass is 316 g/mol. The van der Waals surface area contributed by atoms with Crippen LogP contribution in [0.3, 0.4) is 0 Å². The fraction of sp³-hybridized carbons (Fsp3) is 0.533. The lowest BCUT2D eigenvalue weighted by molar-refractivity contribution is -0.126. The van der Waals surface area contributed by atoms with Crippen LogP contribution in [0.15, 0.2) is 24.3 Å². The third-order valence-electron chi connectivity index (χ3n) is 3.79. The summed E-state index contributed by atoms with van der Waals surface area (Å²) in [5, 5.41) is 3.75. The summed E-state index contributed by atoms with van der Waals surface area (Å²) < 4.78 is 0. The normalized spacial score (nSPS) is 23.6. The molecule has 3 unspecified atom stereocenters. The molecule has 2 rings (SSSR count). The van der Waals surface area contributed by atoms with Gasteiger partial charge in [0.05, 0.1) is 6.04 Å². The summed E-state index contributed by atoms with van der Waals surface area (Å²) in [6.45, 7) is 1.98. The van der Waals surface area contributed by atoms with E-state index in [4.69, 9.17) is 17.3 Å². The molecule has 112 valence electrons. The highest BCUT2D eigenvalue weighted by Gasteiger charge is 2.26. The molecular formula is C15H22Cl2N2O. The summed E-state index contributed by atoms with van der Waals surface area (Å²) in [5.41, 5.74) is 6.96. The maximum absolute atomic E-state index is 12.2. The first-order valence-corrected chi connectivity index (χ1v) is 7.25. The maximum Gasteiger partial charge on any atom is 0.223 e. The van der Waals surface area contributed by atoms with Gasteiger partial charge in [-0.1, -0.05) is 30.2 Å². The van der Waals surface area contributed by atoms with E-state index < -0.39 is 0 Å². The molecule has 0 aromatic heterocycles. The second kappa shape index (κ2) is 7.87. The van der Waals surface area contributed by atoms with Crippen LogP contribution in [0.25, 0.3) is 0 Å². The highest BCUT2D eigenvalue weighted by Crippen LogP contribution is 2.24. The predicted molar refractivity (Wildman–Crippen MR) is 85.2 cm³/mol. The molecule has 5 heteroatoms. The number of nitrogens with two attached hydrogens (primary N) is 1. The van der Waals surface area contributed by atoms with Crippen molar-refractivity contribution in [1.82, 2.24) is 5.32 Å². The average Bonchev–Trinajstić information content (AvgIpc) is 2.38. The Labute approximate surface area is 131 Å². The topological polar surface area (TPSA) is 55.1 Å². The summed E-state index contributed by atoms with van der Waals surface area (Å²) in [4.78, 5) is 12.2. The van der Waals surface area contributed by atoms with Crippen LogP contribution in [0, 0.1) is 5.92 Å². The van der Waals surface area contributed by atoms with Crippen LogP contribution in [-0.4, -0.2) is 11.9 Å². The van der Waals surface area contributed by atoms with Crippen molar-refractivity contribution in [2.45, 2.75) is 44.7 Å². The Bertz CT molecular complexity index is 453. The molecule has 0 bridgehead atoms. The lowest BCUT2D eigenvalue weighted by Crippen LogP contribution is -2.38. The molecule has 0 aliphatic heterocycles. The molecule has 3 N–H and O–H groups in total. The van der Waals surface area contributed by atoms with Crippen molar-refractivity contribution in [1.29, 1.82) is 0 Å². The second-order valence-corrected chi connectivity index (χ2v) is 5.85. The van der Waals surface area contributed by atoms with Crippen LogP contribution in [0.1, 0.15) is 44.2 Å². The SMILES string of the molecule is CC(NC(=O)C1CCCC(N)C1)c1cccc(Cl)c1.Cl. The number of halogens is 2. The Balaban J connectivity index is 0.00000200. The molecule has 1 amide bonds. The minimum Gasteiger partial charge on any atom is -0.349 e. The molecule has 0 heterocycles. The Morgan fingerprint density at radius 1 is 1.45 bits per heavy atom. The van der Waals surface area contributed by atoms with E-state index >= 15 is 0 Å². The van der Waals surface area contributed by atoms with E-state index in [1.807, 2.05) is 31.2 Å². The van der Waals surface area contributed by atoms with E-state index in [9.17, 15) is 4.79 Å². The van der Waals surface area contributed by atoms with Crippen LogP contribution in [-0.2, 0) is 4.79 Å². The van der Waals surface area contributed by atoms with Gasteiger partial charge in [0, 0.05) is 17.0 Å². The molecule has 1 aliphatic carbocycles. The van der Waals surface area contributed by atoms with E-state index in [2.05, 4.69) is 5.32 Å². The summed E-state index contributed by atoms with van der Waals surface area (Å²) >= 11 is 5.96. The number of hydrogen-bond donors (Lipinski definition) is 2. The molecule has 20 heavy (non-hydrogen) atoms. The first-order chi connectivity index (χ1) is 9.06. The zero-order valence-corrected chi connectivity index (χ0v) is 13.2. The smallest absolute Gasteiger partial charge is 0.223 e. The minimum absolute atomic E-state index is 0. The molecule has 3 nitrogen and oxygen atoms in total. The van der Waals surface area contributed by atoms with Crippen molar-refractivity contribution in [3.63, 3.8) is 0 Å². The molecule has 0 spiro atoms. The van der Waals surface area contributed by atoms with Gasteiger partial charge in [-0.3, -0.25) is 4.79 Å². The van der Waals surface area contributed by atoms with Crippen LogP contribution in [0.5, 0.6) is 0 Å². The average molecular weight is 317 g/mol. The van der Waals surface area contributed by atoms with Crippen molar-refractivity contribution in [3.05, 3.63) is 34.9 Å². The van der Waals surface area contributed by atoms with Crippen LogP contribution in [0.2, 0.25) is 5.02 Å². The molecule has 1 aromatic carbocycles. The van der Waals surface area contributed by atoms with Crippen molar-refractivity contribution < 1.29 is 4.79 Å². The van der Waals surface area contributed by atoms with Gasteiger partial charge in [-0.2, -0.15) is 0 Å². The zero-order chi connectivity index (χ0) is 13.8. The van der Waals surface area contributed by atoms with Gasteiger partial charge in [0.1, 0.15) is 0 Å². The Kier molecular flexibility index (Phi) is 6.80. The number of benzene rings is 1. The Hall–Kier alpha value is -0.770. The number of carbonyl (C=O) groups is 1. The molecular weight excluding hydrogens is 295 g/mol. The standard InChI is InChI=1S/C15H21ClN2O.ClH/c1-10(11-4-2-6-13(16)8-11)18-15(19)12-5-3-7-14(17)9-12;/h2,4,6,8,10,12,14H,3,5,7,9,17H2,1H3,(H,18,19);1H. The molecule has 1 aliphatic rings. The molecule has 1 aromatic rings. The molecule has 0 radical (unpaired) electrons. The first-order valence-electron chi connectivity index (χ1n) is 6.87. The van der Waals surface area contributed by atoms with Gasteiger partial charge in [0.25, 0.3) is 0 Å². The van der Waals surface area contributed by atoms with Gasteiger partial charge in [-0.15, -0.1) is 12.4 Å². The number of rotatable bonds is 3. The van der Waals surface area contributed by atoms with Gasteiger partial charge < -0.3 is 11.1 Å². The van der Waals surface area contributed by atoms with E-state index in [0.717, 1.165) is 31.2 Å². The minimum atomic E-state index is -0.0237. The largest absolute Gasteiger partial charge is 0.349 e.